The number of aromatic nitrogens is 4. The zero-order valence-electron chi connectivity index (χ0n) is 17.6. The number of hydrogen-bond acceptors (Lipinski definition) is 4. The second-order valence-electron chi connectivity index (χ2n) is 7.79. The highest BCUT2D eigenvalue weighted by Crippen LogP contribution is 2.27. The molecule has 0 atom stereocenters. The Balaban J connectivity index is 1.55. The summed E-state index contributed by atoms with van der Waals surface area (Å²) in [5.41, 5.74) is 2.55. The van der Waals surface area contributed by atoms with Crippen molar-refractivity contribution in [3.05, 3.63) is 69.3 Å². The van der Waals surface area contributed by atoms with Crippen LogP contribution in [0.2, 0.25) is 0 Å². The van der Waals surface area contributed by atoms with Gasteiger partial charge < -0.3 is 4.90 Å². The van der Waals surface area contributed by atoms with Crippen molar-refractivity contribution >= 4 is 5.91 Å². The number of likely N-dealkylation sites (tertiary alicyclic amines) is 1. The van der Waals surface area contributed by atoms with E-state index in [2.05, 4.69) is 10.2 Å². The summed E-state index contributed by atoms with van der Waals surface area (Å²) in [6.07, 6.45) is 0.923. The van der Waals surface area contributed by atoms with Gasteiger partial charge in [0.2, 0.25) is 0 Å². The Morgan fingerprint density at radius 3 is 2.26 bits per heavy atom. The van der Waals surface area contributed by atoms with Gasteiger partial charge in [0.05, 0.1) is 17.4 Å². The van der Waals surface area contributed by atoms with Crippen molar-refractivity contribution in [2.45, 2.75) is 32.7 Å². The van der Waals surface area contributed by atoms with E-state index in [0.29, 0.717) is 18.5 Å². The fourth-order valence-electron chi connectivity index (χ4n) is 4.14. The monoisotopic (exact) mass is 427 g/mol. The first kappa shape index (κ1) is 20.9. The Bertz CT molecular complexity index is 1190. The van der Waals surface area contributed by atoms with E-state index >= 15 is 0 Å². The SMILES string of the molecule is Cc1nn(C)c(C)c1-c1ccc(=O)n(C2CCN(C(=O)c3c(F)cccc3F)CC2)n1. The van der Waals surface area contributed by atoms with Gasteiger partial charge >= 0.3 is 0 Å². The number of nitrogens with zero attached hydrogens (tertiary/aromatic N) is 5. The Kier molecular flexibility index (Phi) is 5.43. The molecule has 2 aromatic heterocycles. The fraction of sp³-hybridized carbons (Fsp3) is 0.364. The molecule has 1 aromatic carbocycles. The molecule has 1 aliphatic rings. The van der Waals surface area contributed by atoms with Crippen molar-refractivity contribution in [3.63, 3.8) is 0 Å². The molecule has 7 nitrogen and oxygen atoms in total. The van der Waals surface area contributed by atoms with Gasteiger partial charge in [-0.15, -0.1) is 0 Å². The van der Waals surface area contributed by atoms with E-state index in [0.717, 1.165) is 29.1 Å². The van der Waals surface area contributed by atoms with Crippen molar-refractivity contribution in [3.8, 4) is 11.3 Å². The van der Waals surface area contributed by atoms with Gasteiger partial charge in [0.15, 0.2) is 0 Å². The lowest BCUT2D eigenvalue weighted by atomic mass is 10.0. The maximum atomic E-state index is 14.0. The highest BCUT2D eigenvalue weighted by atomic mass is 19.1. The van der Waals surface area contributed by atoms with Crippen LogP contribution in [0, 0.1) is 25.5 Å². The van der Waals surface area contributed by atoms with E-state index in [4.69, 9.17) is 0 Å². The molecule has 0 spiro atoms. The van der Waals surface area contributed by atoms with Gasteiger partial charge in [-0.3, -0.25) is 14.3 Å². The van der Waals surface area contributed by atoms with Crippen molar-refractivity contribution in [1.29, 1.82) is 0 Å². The summed E-state index contributed by atoms with van der Waals surface area (Å²) >= 11 is 0. The van der Waals surface area contributed by atoms with Crippen LogP contribution in [0.5, 0.6) is 0 Å². The fourth-order valence-corrected chi connectivity index (χ4v) is 4.14. The molecule has 1 amide bonds. The van der Waals surface area contributed by atoms with E-state index in [1.807, 2.05) is 20.9 Å². The zero-order valence-corrected chi connectivity index (χ0v) is 17.6. The Labute approximate surface area is 177 Å². The Hall–Kier alpha value is -3.36. The summed E-state index contributed by atoms with van der Waals surface area (Å²) in [5, 5.41) is 8.99. The van der Waals surface area contributed by atoms with Crippen LogP contribution < -0.4 is 5.56 Å². The van der Waals surface area contributed by atoms with Gasteiger partial charge in [0.1, 0.15) is 17.2 Å². The number of aryl methyl sites for hydroxylation is 2. The first-order chi connectivity index (χ1) is 14.8. The van der Waals surface area contributed by atoms with Crippen molar-refractivity contribution in [2.24, 2.45) is 7.05 Å². The number of piperidine rings is 1. The number of benzene rings is 1. The summed E-state index contributed by atoms with van der Waals surface area (Å²) in [7, 11) is 1.85. The number of halogens is 2. The van der Waals surface area contributed by atoms with Crippen molar-refractivity contribution in [2.75, 3.05) is 13.1 Å². The predicted octanol–water partition coefficient (Wildman–Crippen LogP) is 3.02. The number of carbonyl (C=O) groups excluding carboxylic acids is 1. The molecule has 0 saturated carbocycles. The van der Waals surface area contributed by atoms with Gasteiger partial charge in [-0.25, -0.2) is 13.5 Å². The van der Waals surface area contributed by atoms with E-state index < -0.39 is 23.1 Å². The molecule has 1 aliphatic heterocycles. The number of amides is 1. The topological polar surface area (TPSA) is 73.0 Å². The maximum Gasteiger partial charge on any atom is 0.267 e. The third kappa shape index (κ3) is 3.75. The van der Waals surface area contributed by atoms with E-state index in [9.17, 15) is 18.4 Å². The Morgan fingerprint density at radius 2 is 1.68 bits per heavy atom. The second kappa shape index (κ2) is 8.05. The summed E-state index contributed by atoms with van der Waals surface area (Å²) in [4.78, 5) is 26.5. The molecule has 0 radical (unpaired) electrons. The van der Waals surface area contributed by atoms with Gasteiger partial charge in [-0.2, -0.15) is 10.2 Å². The molecule has 1 saturated heterocycles. The predicted molar refractivity (Wildman–Crippen MR) is 111 cm³/mol. The van der Waals surface area contributed by atoms with Crippen LogP contribution >= 0.6 is 0 Å². The minimum absolute atomic E-state index is 0.209. The second-order valence-corrected chi connectivity index (χ2v) is 7.79. The highest BCUT2D eigenvalue weighted by molar-refractivity contribution is 5.94. The lowest BCUT2D eigenvalue weighted by molar-refractivity contribution is 0.0678. The van der Waals surface area contributed by atoms with Crippen LogP contribution in [0.25, 0.3) is 11.3 Å². The summed E-state index contributed by atoms with van der Waals surface area (Å²) in [6.45, 7) is 4.39. The molecule has 0 bridgehead atoms. The minimum Gasteiger partial charge on any atom is -0.338 e. The molecule has 3 heterocycles. The van der Waals surface area contributed by atoms with Crippen LogP contribution in [-0.4, -0.2) is 43.5 Å². The van der Waals surface area contributed by atoms with Crippen LogP contribution in [-0.2, 0) is 7.05 Å². The van der Waals surface area contributed by atoms with Crippen LogP contribution in [0.1, 0.15) is 40.6 Å². The van der Waals surface area contributed by atoms with E-state index in [1.54, 1.807) is 10.7 Å². The molecule has 9 heteroatoms. The maximum absolute atomic E-state index is 14.0. The van der Waals surface area contributed by atoms with E-state index in [1.165, 1.54) is 21.7 Å². The van der Waals surface area contributed by atoms with Crippen molar-refractivity contribution < 1.29 is 13.6 Å². The summed E-state index contributed by atoms with van der Waals surface area (Å²) in [6, 6.07) is 6.33. The standard InChI is InChI=1S/C22H23F2N5O2/c1-13-20(14(2)27(3)25-13)18-7-8-19(30)29(26-18)15-9-11-28(12-10-15)22(31)21-16(23)5-4-6-17(21)24/h4-8,15H,9-12H2,1-3H3. The van der Waals surface area contributed by atoms with Crippen LogP contribution in [0.15, 0.2) is 35.1 Å². The largest absolute Gasteiger partial charge is 0.338 e. The quantitative estimate of drug-likeness (QED) is 0.644. The van der Waals surface area contributed by atoms with Crippen LogP contribution in [0.3, 0.4) is 0 Å². The molecule has 3 aromatic rings. The average molecular weight is 427 g/mol. The lowest BCUT2D eigenvalue weighted by Crippen LogP contribution is -2.42. The third-order valence-corrected chi connectivity index (χ3v) is 5.86. The highest BCUT2D eigenvalue weighted by Gasteiger charge is 2.29. The van der Waals surface area contributed by atoms with E-state index in [-0.39, 0.29) is 24.7 Å². The molecular weight excluding hydrogens is 404 g/mol. The molecular formula is C22H23F2N5O2. The smallest absolute Gasteiger partial charge is 0.267 e. The molecule has 0 aliphatic carbocycles. The lowest BCUT2D eigenvalue weighted by Gasteiger charge is -2.32. The number of rotatable bonds is 3. The van der Waals surface area contributed by atoms with Gasteiger partial charge in [-0.05, 0) is 44.9 Å². The summed E-state index contributed by atoms with van der Waals surface area (Å²) < 4.78 is 31.2. The minimum atomic E-state index is -0.875. The first-order valence-electron chi connectivity index (χ1n) is 10.1. The Morgan fingerprint density at radius 1 is 1.03 bits per heavy atom. The molecule has 1 fully saturated rings. The zero-order chi connectivity index (χ0) is 22.3. The van der Waals surface area contributed by atoms with Gasteiger partial charge in [0, 0.05) is 37.5 Å². The number of hydrogen-bond donors (Lipinski definition) is 0. The molecule has 4 rings (SSSR count). The normalized spacial score (nSPS) is 14.8. The third-order valence-electron chi connectivity index (χ3n) is 5.86. The molecule has 0 unspecified atom stereocenters. The number of carbonyl (C=O) groups is 1. The molecule has 0 N–H and O–H groups in total. The molecule has 31 heavy (non-hydrogen) atoms. The van der Waals surface area contributed by atoms with Crippen molar-refractivity contribution in [1.82, 2.24) is 24.5 Å². The van der Waals surface area contributed by atoms with Gasteiger partial charge in [0.25, 0.3) is 11.5 Å². The first-order valence-corrected chi connectivity index (χ1v) is 10.1. The summed E-state index contributed by atoms with van der Waals surface area (Å²) in [5.74, 6) is -2.43. The molecule has 162 valence electrons. The van der Waals surface area contributed by atoms with Gasteiger partial charge in [-0.1, -0.05) is 6.07 Å². The van der Waals surface area contributed by atoms with Crippen LogP contribution in [0.4, 0.5) is 8.78 Å². The average Bonchev–Trinajstić information content (AvgIpc) is 3.00.